The molecule has 5 rings (SSSR count). The van der Waals surface area contributed by atoms with E-state index in [0.717, 1.165) is 5.56 Å². The molecule has 0 aromatic heterocycles. The number of piperidine rings is 1. The lowest BCUT2D eigenvalue weighted by Gasteiger charge is -2.40. The first-order chi connectivity index (χ1) is 15.1. The molecule has 2 aromatic rings. The molecule has 0 bridgehead atoms. The zero-order valence-corrected chi connectivity index (χ0v) is 18.5. The molecule has 0 atom stereocenters. The maximum atomic E-state index is 13.5. The number of benzene rings is 2. The van der Waals surface area contributed by atoms with Crippen molar-refractivity contribution >= 4 is 34.9 Å². The fourth-order valence-electron chi connectivity index (χ4n) is 4.35. The van der Waals surface area contributed by atoms with Crippen LogP contribution >= 0.6 is 23.4 Å². The van der Waals surface area contributed by atoms with Crippen LogP contribution in [0.15, 0.2) is 59.1 Å². The summed E-state index contributed by atoms with van der Waals surface area (Å²) in [5.41, 5.74) is 2.51. The molecule has 160 valence electrons. The van der Waals surface area contributed by atoms with E-state index in [1.165, 1.54) is 11.8 Å². The van der Waals surface area contributed by atoms with Gasteiger partial charge >= 0.3 is 0 Å². The summed E-state index contributed by atoms with van der Waals surface area (Å²) < 4.78 is 11.7. The topological polar surface area (TPSA) is 55.8 Å². The summed E-state index contributed by atoms with van der Waals surface area (Å²) in [5.74, 6) is -0.120. The summed E-state index contributed by atoms with van der Waals surface area (Å²) in [5, 5.41) is 0.671. The van der Waals surface area contributed by atoms with E-state index >= 15 is 0 Å². The van der Waals surface area contributed by atoms with E-state index in [4.69, 9.17) is 21.1 Å². The highest BCUT2D eigenvalue weighted by atomic mass is 35.5. The lowest BCUT2D eigenvalue weighted by atomic mass is 9.90. The quantitative estimate of drug-likeness (QED) is 0.665. The van der Waals surface area contributed by atoms with Crippen LogP contribution in [0.5, 0.6) is 0 Å². The first-order valence-corrected chi connectivity index (χ1v) is 11.8. The van der Waals surface area contributed by atoms with Crippen LogP contribution in [0, 0.1) is 0 Å². The van der Waals surface area contributed by atoms with Crippen molar-refractivity contribution in [2.24, 2.45) is 0 Å². The summed E-state index contributed by atoms with van der Waals surface area (Å²) in [4.78, 5) is 29.5. The van der Waals surface area contributed by atoms with Crippen molar-refractivity contribution in [2.75, 3.05) is 26.3 Å². The van der Waals surface area contributed by atoms with Crippen LogP contribution in [0.4, 0.5) is 0 Å². The van der Waals surface area contributed by atoms with E-state index < -0.39 is 5.79 Å². The minimum absolute atomic E-state index is 0.0852. The van der Waals surface area contributed by atoms with Gasteiger partial charge < -0.3 is 14.4 Å². The van der Waals surface area contributed by atoms with E-state index in [0.29, 0.717) is 71.6 Å². The fourth-order valence-corrected chi connectivity index (χ4v) is 5.58. The molecule has 3 aliphatic rings. The van der Waals surface area contributed by atoms with Crippen LogP contribution in [0.3, 0.4) is 0 Å². The van der Waals surface area contributed by atoms with Crippen molar-refractivity contribution in [3.8, 4) is 0 Å². The number of likely N-dealkylation sites (tertiary alicyclic amines) is 1. The van der Waals surface area contributed by atoms with Gasteiger partial charge in [-0.2, -0.15) is 0 Å². The van der Waals surface area contributed by atoms with Crippen LogP contribution in [0.2, 0.25) is 5.02 Å². The highest BCUT2D eigenvalue weighted by molar-refractivity contribution is 8.03. The standard InChI is InChI=1S/C24H22ClNO4S/c25-17-7-5-16(6-8-17)15-31-23-20(21(27)18-3-1-2-4-19(18)22(23)28)26-11-9-24(10-12-26)29-13-14-30-24/h1-8H,9-15H2. The number of rotatable bonds is 4. The van der Waals surface area contributed by atoms with E-state index in [1.54, 1.807) is 24.3 Å². The van der Waals surface area contributed by atoms with Crippen molar-refractivity contribution in [3.05, 3.63) is 80.8 Å². The van der Waals surface area contributed by atoms with E-state index in [-0.39, 0.29) is 11.6 Å². The lowest BCUT2D eigenvalue weighted by molar-refractivity contribution is -0.182. The molecule has 2 saturated heterocycles. The number of nitrogens with zero attached hydrogens (tertiary/aromatic N) is 1. The van der Waals surface area contributed by atoms with Crippen LogP contribution < -0.4 is 0 Å². The molecule has 0 radical (unpaired) electrons. The second-order valence-electron chi connectivity index (χ2n) is 7.89. The monoisotopic (exact) mass is 455 g/mol. The molecular formula is C24H22ClNO4S. The van der Waals surface area contributed by atoms with Gasteiger partial charge in [0, 0.05) is 47.8 Å². The van der Waals surface area contributed by atoms with Crippen LogP contribution in [-0.4, -0.2) is 48.6 Å². The van der Waals surface area contributed by atoms with Gasteiger partial charge in [0.25, 0.3) is 0 Å². The van der Waals surface area contributed by atoms with Gasteiger partial charge in [-0.25, -0.2) is 0 Å². The first kappa shape index (κ1) is 20.8. The van der Waals surface area contributed by atoms with Crippen molar-refractivity contribution in [2.45, 2.75) is 24.4 Å². The summed E-state index contributed by atoms with van der Waals surface area (Å²) in [7, 11) is 0. The number of hydrogen-bond acceptors (Lipinski definition) is 6. The number of halogens is 1. The normalized spacial score (nSPS) is 20.5. The fraction of sp³-hybridized carbons (Fsp3) is 0.333. The average Bonchev–Trinajstić information content (AvgIpc) is 3.25. The third kappa shape index (κ3) is 3.94. The second kappa shape index (κ2) is 8.43. The Morgan fingerprint density at radius 3 is 2.16 bits per heavy atom. The van der Waals surface area contributed by atoms with Gasteiger partial charge in [0.2, 0.25) is 11.6 Å². The average molecular weight is 456 g/mol. The Kier molecular flexibility index (Phi) is 5.65. The molecule has 1 aliphatic carbocycles. The highest BCUT2D eigenvalue weighted by Crippen LogP contribution is 2.39. The smallest absolute Gasteiger partial charge is 0.211 e. The Balaban J connectivity index is 1.46. The number of allylic oxidation sites excluding steroid dienone is 2. The Hall–Kier alpha value is -2.12. The van der Waals surface area contributed by atoms with E-state index in [1.807, 2.05) is 29.2 Å². The lowest BCUT2D eigenvalue weighted by Crippen LogP contribution is -2.46. The van der Waals surface area contributed by atoms with Crippen molar-refractivity contribution in [3.63, 3.8) is 0 Å². The molecule has 0 amide bonds. The number of fused-ring (bicyclic) bond motifs is 1. The van der Waals surface area contributed by atoms with Gasteiger partial charge in [-0.3, -0.25) is 9.59 Å². The molecule has 0 unspecified atom stereocenters. The van der Waals surface area contributed by atoms with E-state index in [2.05, 4.69) is 0 Å². The molecule has 2 aliphatic heterocycles. The second-order valence-corrected chi connectivity index (χ2v) is 9.31. The van der Waals surface area contributed by atoms with Gasteiger partial charge in [-0.15, -0.1) is 11.8 Å². The zero-order valence-electron chi connectivity index (χ0n) is 16.9. The van der Waals surface area contributed by atoms with Gasteiger partial charge in [-0.05, 0) is 17.7 Å². The maximum Gasteiger partial charge on any atom is 0.211 e. The van der Waals surface area contributed by atoms with Crippen LogP contribution in [-0.2, 0) is 15.2 Å². The minimum atomic E-state index is -0.534. The van der Waals surface area contributed by atoms with Gasteiger partial charge in [-0.1, -0.05) is 48.0 Å². The molecule has 1 spiro atoms. The molecule has 2 fully saturated rings. The summed E-state index contributed by atoms with van der Waals surface area (Å²) in [6.07, 6.45) is 1.35. The number of ketones is 2. The molecule has 2 aromatic carbocycles. The molecular weight excluding hydrogens is 434 g/mol. The Labute approximate surface area is 190 Å². The summed E-state index contributed by atoms with van der Waals surface area (Å²) in [6, 6.07) is 14.6. The first-order valence-electron chi connectivity index (χ1n) is 10.4. The molecule has 31 heavy (non-hydrogen) atoms. The van der Waals surface area contributed by atoms with Crippen molar-refractivity contribution < 1.29 is 19.1 Å². The van der Waals surface area contributed by atoms with Crippen LogP contribution in [0.25, 0.3) is 0 Å². The Morgan fingerprint density at radius 1 is 0.903 bits per heavy atom. The Morgan fingerprint density at radius 2 is 1.52 bits per heavy atom. The predicted octanol–water partition coefficient (Wildman–Crippen LogP) is 4.70. The number of carbonyl (C=O) groups is 2. The van der Waals surface area contributed by atoms with Crippen molar-refractivity contribution in [1.82, 2.24) is 4.90 Å². The van der Waals surface area contributed by atoms with Gasteiger partial charge in [0.15, 0.2) is 5.79 Å². The number of Topliss-reactive ketones (excluding diaryl/α,β-unsaturated/α-hetero) is 2. The largest absolute Gasteiger partial charge is 0.367 e. The van der Waals surface area contributed by atoms with Crippen molar-refractivity contribution in [1.29, 1.82) is 0 Å². The SMILES string of the molecule is O=C1C(SCc2ccc(Cl)cc2)=C(N2CCC3(CC2)OCCO3)C(=O)c2ccccc21. The minimum Gasteiger partial charge on any atom is -0.367 e. The number of thioether (sulfide) groups is 1. The highest BCUT2D eigenvalue weighted by Gasteiger charge is 2.43. The summed E-state index contributed by atoms with van der Waals surface area (Å²) in [6.45, 7) is 2.44. The number of carbonyl (C=O) groups excluding carboxylic acids is 2. The Bertz CT molecular complexity index is 1050. The predicted molar refractivity (Wildman–Crippen MR) is 120 cm³/mol. The third-order valence-electron chi connectivity index (χ3n) is 6.00. The number of hydrogen-bond donors (Lipinski definition) is 0. The summed E-state index contributed by atoms with van der Waals surface area (Å²) >= 11 is 7.41. The molecule has 2 heterocycles. The van der Waals surface area contributed by atoms with Gasteiger partial charge in [0.1, 0.15) is 5.70 Å². The molecule has 7 heteroatoms. The zero-order chi connectivity index (χ0) is 21.4. The van der Waals surface area contributed by atoms with Crippen LogP contribution in [0.1, 0.15) is 39.1 Å². The molecule has 0 N–H and O–H groups in total. The third-order valence-corrected chi connectivity index (χ3v) is 7.40. The maximum absolute atomic E-state index is 13.5. The van der Waals surface area contributed by atoms with E-state index in [9.17, 15) is 9.59 Å². The number of ether oxygens (including phenoxy) is 2. The molecule has 5 nitrogen and oxygen atoms in total. The molecule has 0 saturated carbocycles. The van der Waals surface area contributed by atoms with Gasteiger partial charge in [0.05, 0.1) is 18.1 Å².